The summed E-state index contributed by atoms with van der Waals surface area (Å²) in [5.41, 5.74) is 5.82. The number of nitrogens with two attached hydrogens (primary N) is 1. The van der Waals surface area contributed by atoms with Gasteiger partial charge in [-0.25, -0.2) is 19.4 Å². The van der Waals surface area contributed by atoms with Crippen molar-refractivity contribution < 1.29 is 46.6 Å². The lowest BCUT2D eigenvalue weighted by atomic mass is 10.0. The predicted molar refractivity (Wildman–Crippen MR) is 214 cm³/mol. The van der Waals surface area contributed by atoms with E-state index in [1.54, 1.807) is 21.9 Å². The molecule has 0 unspecified atom stereocenters. The Kier molecular flexibility index (Phi) is 12.9. The fourth-order valence-electron chi connectivity index (χ4n) is 7.98. The van der Waals surface area contributed by atoms with Crippen molar-refractivity contribution in [3.8, 4) is 0 Å². The van der Waals surface area contributed by atoms with E-state index in [0.717, 1.165) is 30.2 Å². The van der Waals surface area contributed by atoms with Crippen LogP contribution >= 0.6 is 11.6 Å². The number of anilines is 3. The molecule has 1 atom stereocenters. The maximum atomic E-state index is 14.1. The largest absolute Gasteiger partial charge is 0.460 e. The Balaban J connectivity index is 0.973. The molecule has 4 aliphatic rings. The maximum Gasteiger partial charge on any atom is 0.418 e. The van der Waals surface area contributed by atoms with E-state index in [0.29, 0.717) is 57.8 Å². The molecule has 320 valence electrons. The topological polar surface area (TPSA) is 171 Å². The van der Waals surface area contributed by atoms with Crippen LogP contribution < -0.4 is 16.0 Å². The number of nitrogen functional groups attached to an aromatic ring is 1. The second-order valence-electron chi connectivity index (χ2n) is 15.2. The number of hydrogen-bond donors (Lipinski definition) is 2. The number of esters is 1. The predicted octanol–water partition coefficient (Wildman–Crippen LogP) is 5.41. The van der Waals surface area contributed by atoms with E-state index in [4.69, 9.17) is 26.8 Å². The molecule has 3 aromatic rings. The number of rotatable bonds is 10. The first-order chi connectivity index (χ1) is 28.7. The number of carbonyl (C=O) groups is 5. The van der Waals surface area contributed by atoms with E-state index < -0.39 is 47.9 Å². The van der Waals surface area contributed by atoms with Gasteiger partial charge in [-0.1, -0.05) is 29.8 Å². The molecule has 0 radical (unpaired) electrons. The minimum absolute atomic E-state index is 0.00390. The molecule has 2 aromatic carbocycles. The number of amides is 5. The zero-order valence-corrected chi connectivity index (χ0v) is 33.6. The van der Waals surface area contributed by atoms with Crippen LogP contribution in [0.5, 0.6) is 0 Å². The van der Waals surface area contributed by atoms with Gasteiger partial charge in [0.2, 0.25) is 5.91 Å². The number of ether oxygens (including phenoxy) is 2. The second kappa shape index (κ2) is 18.2. The number of urea groups is 1. The van der Waals surface area contributed by atoms with Gasteiger partial charge in [0.25, 0.3) is 5.91 Å². The standard InChI is InChI=1S/C41H46ClF3N8O7/c42-31-22-26(21-30(36(31)46)41(43,44)45)23-33(60-40(58)52-13-10-29(11-14-52)53-25-28-5-1-2-6-32(28)48-39(53)57)37(55)51-17-15-49(16-18-51)34-9-8-27(24-47-34)38(56)59-20-19-50-12-4-3-7-35(50)54/h1-2,5-6,8-9,21-22,24,29,33H,3-4,7,10-20,23,25,46H2,(H,48,57)/t33-/m1/s1. The van der Waals surface area contributed by atoms with E-state index in [9.17, 15) is 37.1 Å². The molecule has 3 saturated heterocycles. The number of benzene rings is 2. The van der Waals surface area contributed by atoms with Crippen LogP contribution in [0.4, 0.5) is 40.0 Å². The summed E-state index contributed by atoms with van der Waals surface area (Å²) in [6, 6.07) is 12.4. The Morgan fingerprint density at radius 3 is 2.40 bits per heavy atom. The zero-order chi connectivity index (χ0) is 42.6. The van der Waals surface area contributed by atoms with Gasteiger partial charge in [-0.05, 0) is 67.1 Å². The Bertz CT molecular complexity index is 2090. The molecule has 5 amide bonds. The Hall–Kier alpha value is -5.78. The number of piperazine rings is 1. The highest BCUT2D eigenvalue weighted by atomic mass is 35.5. The molecule has 0 aliphatic carbocycles. The number of hydrogen-bond acceptors (Lipinski definition) is 10. The van der Waals surface area contributed by atoms with Crippen molar-refractivity contribution >= 4 is 58.7 Å². The first-order valence-corrected chi connectivity index (χ1v) is 20.3. The lowest BCUT2D eigenvalue weighted by Gasteiger charge is -2.40. The van der Waals surface area contributed by atoms with Crippen LogP contribution in [0.2, 0.25) is 5.02 Å². The highest BCUT2D eigenvalue weighted by Gasteiger charge is 2.38. The molecular formula is C41H46ClF3N8O7. The zero-order valence-electron chi connectivity index (χ0n) is 32.8. The van der Waals surface area contributed by atoms with Crippen LogP contribution in [-0.2, 0) is 38.2 Å². The number of carbonyl (C=O) groups excluding carboxylic acids is 5. The molecule has 0 saturated carbocycles. The van der Waals surface area contributed by atoms with E-state index >= 15 is 0 Å². The minimum Gasteiger partial charge on any atom is -0.460 e. The molecule has 0 bridgehead atoms. The van der Waals surface area contributed by atoms with Gasteiger partial charge in [0.15, 0.2) is 6.10 Å². The molecule has 19 heteroatoms. The molecule has 15 nitrogen and oxygen atoms in total. The molecule has 7 rings (SSSR count). The highest BCUT2D eigenvalue weighted by Crippen LogP contribution is 2.38. The van der Waals surface area contributed by atoms with Crippen molar-refractivity contribution in [2.24, 2.45) is 0 Å². The Morgan fingerprint density at radius 1 is 0.950 bits per heavy atom. The number of alkyl halides is 3. The monoisotopic (exact) mass is 854 g/mol. The van der Waals surface area contributed by atoms with E-state index in [2.05, 4.69) is 10.3 Å². The maximum absolute atomic E-state index is 14.1. The van der Waals surface area contributed by atoms with Gasteiger partial charge >= 0.3 is 24.3 Å². The van der Waals surface area contributed by atoms with Crippen molar-refractivity contribution in [2.75, 3.05) is 74.9 Å². The van der Waals surface area contributed by atoms with Gasteiger partial charge in [-0.3, -0.25) is 9.59 Å². The van der Waals surface area contributed by atoms with Gasteiger partial charge < -0.3 is 45.0 Å². The SMILES string of the molecule is Nc1c(Cl)cc(C[C@@H](OC(=O)N2CCC(N3Cc4ccccc4NC3=O)CC2)C(=O)N2CCN(c3ccc(C(=O)OCCN4CCCCC4=O)cn3)CC2)cc1C(F)(F)F. The molecule has 5 heterocycles. The number of piperidine rings is 2. The molecular weight excluding hydrogens is 809 g/mol. The van der Waals surface area contributed by atoms with Crippen molar-refractivity contribution in [3.63, 3.8) is 0 Å². The second-order valence-corrected chi connectivity index (χ2v) is 15.6. The average Bonchev–Trinajstić information content (AvgIpc) is 3.24. The van der Waals surface area contributed by atoms with Gasteiger partial charge in [0.05, 0.1) is 28.4 Å². The van der Waals surface area contributed by atoms with E-state index in [-0.39, 0.29) is 66.9 Å². The number of para-hydroxylation sites is 1. The summed E-state index contributed by atoms with van der Waals surface area (Å²) in [5, 5.41) is 2.56. The van der Waals surface area contributed by atoms with Gasteiger partial charge in [-0.2, -0.15) is 13.2 Å². The van der Waals surface area contributed by atoms with Crippen molar-refractivity contribution in [1.82, 2.24) is 24.6 Å². The van der Waals surface area contributed by atoms with Crippen molar-refractivity contribution in [2.45, 2.75) is 63.4 Å². The van der Waals surface area contributed by atoms with Gasteiger partial charge in [0.1, 0.15) is 12.4 Å². The van der Waals surface area contributed by atoms with Crippen LogP contribution in [0.25, 0.3) is 0 Å². The first-order valence-electron chi connectivity index (χ1n) is 20.0. The van der Waals surface area contributed by atoms with Crippen molar-refractivity contribution in [3.05, 3.63) is 82.0 Å². The lowest BCUT2D eigenvalue weighted by Crippen LogP contribution is -2.54. The minimum atomic E-state index is -4.82. The average molecular weight is 855 g/mol. The summed E-state index contributed by atoms with van der Waals surface area (Å²) in [4.78, 5) is 78.0. The quantitative estimate of drug-likeness (QED) is 0.199. The fourth-order valence-corrected chi connectivity index (χ4v) is 8.22. The number of aromatic nitrogens is 1. The number of likely N-dealkylation sites (tertiary alicyclic amines) is 2. The number of nitrogens with one attached hydrogen (secondary N) is 1. The summed E-state index contributed by atoms with van der Waals surface area (Å²) in [6.07, 6.45) is -2.94. The third kappa shape index (κ3) is 9.80. The number of pyridine rings is 1. The van der Waals surface area contributed by atoms with Crippen LogP contribution in [-0.4, -0.2) is 126 Å². The van der Waals surface area contributed by atoms with Crippen LogP contribution in [0.15, 0.2) is 54.7 Å². The lowest BCUT2D eigenvalue weighted by molar-refractivity contribution is -0.141. The molecule has 1 aromatic heterocycles. The molecule has 60 heavy (non-hydrogen) atoms. The number of halogens is 4. The van der Waals surface area contributed by atoms with Gasteiger partial charge in [0, 0.05) is 83.1 Å². The van der Waals surface area contributed by atoms with Crippen LogP contribution in [0, 0.1) is 0 Å². The summed E-state index contributed by atoms with van der Waals surface area (Å²) < 4.78 is 52.9. The van der Waals surface area contributed by atoms with Crippen LogP contribution in [0.1, 0.15) is 59.2 Å². The van der Waals surface area contributed by atoms with E-state index in [1.165, 1.54) is 22.1 Å². The number of nitrogens with zero attached hydrogens (tertiary/aromatic N) is 6. The third-order valence-electron chi connectivity index (χ3n) is 11.4. The smallest absolute Gasteiger partial charge is 0.418 e. The highest BCUT2D eigenvalue weighted by molar-refractivity contribution is 6.33. The Labute approximate surface area is 349 Å². The van der Waals surface area contributed by atoms with Crippen LogP contribution in [0.3, 0.4) is 0 Å². The third-order valence-corrected chi connectivity index (χ3v) is 11.7. The normalized spacial score (nSPS) is 18.2. The Morgan fingerprint density at radius 2 is 1.70 bits per heavy atom. The van der Waals surface area contributed by atoms with E-state index in [1.807, 2.05) is 29.2 Å². The molecule has 3 N–H and O–H groups in total. The first kappa shape index (κ1) is 42.3. The molecule has 3 fully saturated rings. The van der Waals surface area contributed by atoms with Crippen molar-refractivity contribution in [1.29, 1.82) is 0 Å². The summed E-state index contributed by atoms with van der Waals surface area (Å²) >= 11 is 6.12. The summed E-state index contributed by atoms with van der Waals surface area (Å²) in [7, 11) is 0. The fraction of sp³-hybridized carbons (Fsp3) is 0.463. The van der Waals surface area contributed by atoms with Gasteiger partial charge in [-0.15, -0.1) is 0 Å². The number of fused-ring (bicyclic) bond motifs is 1. The molecule has 4 aliphatic heterocycles. The summed E-state index contributed by atoms with van der Waals surface area (Å²) in [6.45, 7) is 2.92. The molecule has 0 spiro atoms. The summed E-state index contributed by atoms with van der Waals surface area (Å²) in [5.74, 6) is -0.561.